The topological polar surface area (TPSA) is 94.8 Å². The molecular formula is C18H17NO6. The van der Waals surface area contributed by atoms with E-state index in [1.165, 1.54) is 19.4 Å². The van der Waals surface area contributed by atoms with Crippen molar-refractivity contribution in [2.75, 3.05) is 12.4 Å². The Morgan fingerprint density at radius 3 is 2.48 bits per heavy atom. The van der Waals surface area contributed by atoms with Crippen LogP contribution in [0.1, 0.15) is 39.3 Å². The van der Waals surface area contributed by atoms with E-state index in [0.717, 1.165) is 12.8 Å². The highest BCUT2D eigenvalue weighted by molar-refractivity contribution is 5.95. The number of benzene rings is 1. The first kappa shape index (κ1) is 16.8. The molecule has 0 spiro atoms. The first-order chi connectivity index (χ1) is 12.1. The minimum atomic E-state index is -0.633. The maximum atomic E-state index is 12.1. The Bertz CT molecular complexity index is 788. The van der Waals surface area contributed by atoms with Crippen molar-refractivity contribution in [2.45, 2.75) is 19.4 Å². The molecule has 1 amide bonds. The van der Waals surface area contributed by atoms with E-state index in [9.17, 15) is 14.4 Å². The first-order valence-corrected chi connectivity index (χ1v) is 7.81. The van der Waals surface area contributed by atoms with Gasteiger partial charge in [-0.3, -0.25) is 4.79 Å². The monoisotopic (exact) mass is 343 g/mol. The van der Waals surface area contributed by atoms with Crippen molar-refractivity contribution >= 4 is 23.5 Å². The SMILES string of the molecule is COC(=O)c1occc1COC(=O)c1ccc(NC(=O)C2CC2)cc1. The van der Waals surface area contributed by atoms with Crippen molar-refractivity contribution in [1.29, 1.82) is 0 Å². The maximum Gasteiger partial charge on any atom is 0.374 e. The summed E-state index contributed by atoms with van der Waals surface area (Å²) in [5, 5.41) is 2.80. The summed E-state index contributed by atoms with van der Waals surface area (Å²) in [6.45, 7) is -0.111. The van der Waals surface area contributed by atoms with Gasteiger partial charge in [-0.1, -0.05) is 0 Å². The van der Waals surface area contributed by atoms with Gasteiger partial charge in [-0.15, -0.1) is 0 Å². The smallest absolute Gasteiger partial charge is 0.374 e. The molecule has 1 aromatic heterocycles. The van der Waals surface area contributed by atoms with E-state index in [1.54, 1.807) is 24.3 Å². The lowest BCUT2D eigenvalue weighted by molar-refractivity contribution is -0.117. The van der Waals surface area contributed by atoms with Crippen molar-refractivity contribution < 1.29 is 28.3 Å². The van der Waals surface area contributed by atoms with E-state index >= 15 is 0 Å². The third-order valence-corrected chi connectivity index (χ3v) is 3.81. The standard InChI is InChI=1S/C18H17NO6/c1-23-18(22)15-13(8-9-24-15)10-25-17(21)12-4-6-14(7-5-12)19-16(20)11-2-3-11/h4-9,11H,2-3,10H2,1H3,(H,19,20). The zero-order valence-electron chi connectivity index (χ0n) is 13.6. The molecule has 1 fully saturated rings. The van der Waals surface area contributed by atoms with Gasteiger partial charge >= 0.3 is 11.9 Å². The second-order valence-electron chi connectivity index (χ2n) is 5.68. The first-order valence-electron chi connectivity index (χ1n) is 7.81. The van der Waals surface area contributed by atoms with E-state index in [0.29, 0.717) is 16.8 Å². The number of carbonyl (C=O) groups is 3. The minimum Gasteiger partial charge on any atom is -0.463 e. The molecule has 2 aromatic rings. The lowest BCUT2D eigenvalue weighted by atomic mass is 10.2. The predicted molar refractivity (Wildman–Crippen MR) is 87.0 cm³/mol. The lowest BCUT2D eigenvalue weighted by Crippen LogP contribution is -2.13. The van der Waals surface area contributed by atoms with Gasteiger partial charge in [-0.05, 0) is 43.2 Å². The van der Waals surface area contributed by atoms with Gasteiger partial charge in [0.1, 0.15) is 6.61 Å². The number of furan rings is 1. The molecule has 1 N–H and O–H groups in total. The number of carbonyl (C=O) groups excluding carboxylic acids is 3. The van der Waals surface area contributed by atoms with Crippen LogP contribution in [0.15, 0.2) is 41.0 Å². The molecule has 0 aliphatic heterocycles. The van der Waals surface area contributed by atoms with E-state index in [4.69, 9.17) is 9.15 Å². The zero-order valence-corrected chi connectivity index (χ0v) is 13.6. The number of anilines is 1. The Kier molecular flexibility index (Phi) is 4.83. The Morgan fingerprint density at radius 2 is 1.84 bits per heavy atom. The minimum absolute atomic E-state index is 0.00521. The number of hydrogen-bond acceptors (Lipinski definition) is 6. The van der Waals surface area contributed by atoms with Crippen molar-refractivity contribution in [3.63, 3.8) is 0 Å². The summed E-state index contributed by atoms with van der Waals surface area (Å²) in [6.07, 6.45) is 3.18. The molecule has 1 saturated carbocycles. The molecule has 0 radical (unpaired) electrons. The van der Waals surface area contributed by atoms with E-state index in [1.807, 2.05) is 0 Å². The molecule has 0 saturated heterocycles. The molecule has 1 heterocycles. The van der Waals surface area contributed by atoms with Crippen LogP contribution in [-0.4, -0.2) is 25.0 Å². The van der Waals surface area contributed by atoms with Gasteiger partial charge in [0.05, 0.1) is 18.9 Å². The van der Waals surface area contributed by atoms with Crippen molar-refractivity contribution in [3.05, 3.63) is 53.5 Å². The quantitative estimate of drug-likeness (QED) is 0.811. The van der Waals surface area contributed by atoms with Crippen LogP contribution in [0.4, 0.5) is 5.69 Å². The van der Waals surface area contributed by atoms with Gasteiger partial charge in [0.25, 0.3) is 0 Å². The summed E-state index contributed by atoms with van der Waals surface area (Å²) in [4.78, 5) is 35.3. The Hall–Kier alpha value is -3.09. The van der Waals surface area contributed by atoms with Crippen LogP contribution < -0.4 is 5.32 Å². The number of hydrogen-bond donors (Lipinski definition) is 1. The largest absolute Gasteiger partial charge is 0.463 e. The summed E-state index contributed by atoms with van der Waals surface area (Å²) in [6, 6.07) is 7.97. The molecular weight excluding hydrogens is 326 g/mol. The van der Waals surface area contributed by atoms with Crippen LogP contribution in [-0.2, 0) is 20.9 Å². The van der Waals surface area contributed by atoms with Gasteiger partial charge in [-0.2, -0.15) is 0 Å². The number of methoxy groups -OCH3 is 1. The summed E-state index contributed by atoms with van der Waals surface area (Å²) in [5.74, 6) is -1.05. The van der Waals surface area contributed by atoms with Gasteiger partial charge in [0.15, 0.2) is 0 Å². The summed E-state index contributed by atoms with van der Waals surface area (Å²) < 4.78 is 14.8. The van der Waals surface area contributed by atoms with Crippen LogP contribution in [0, 0.1) is 5.92 Å². The van der Waals surface area contributed by atoms with Gasteiger partial charge in [0, 0.05) is 17.2 Å². The normalized spacial score (nSPS) is 13.2. The van der Waals surface area contributed by atoms with Crippen LogP contribution in [0.2, 0.25) is 0 Å². The highest BCUT2D eigenvalue weighted by Crippen LogP contribution is 2.30. The van der Waals surface area contributed by atoms with E-state index in [2.05, 4.69) is 10.1 Å². The Labute approximate surface area is 143 Å². The fourth-order valence-corrected chi connectivity index (χ4v) is 2.23. The number of amides is 1. The fraction of sp³-hybridized carbons (Fsp3) is 0.278. The number of nitrogens with one attached hydrogen (secondary N) is 1. The molecule has 130 valence electrons. The Morgan fingerprint density at radius 1 is 1.12 bits per heavy atom. The van der Waals surface area contributed by atoms with Gasteiger partial charge in [-0.25, -0.2) is 9.59 Å². The molecule has 3 rings (SSSR count). The number of esters is 2. The highest BCUT2D eigenvalue weighted by Gasteiger charge is 2.29. The average molecular weight is 343 g/mol. The molecule has 1 aliphatic rings. The molecule has 0 unspecified atom stereocenters. The summed E-state index contributed by atoms with van der Waals surface area (Å²) >= 11 is 0. The average Bonchev–Trinajstić information content (AvgIpc) is 3.38. The molecule has 7 heteroatoms. The molecule has 1 aliphatic carbocycles. The Balaban J connectivity index is 1.57. The lowest BCUT2D eigenvalue weighted by Gasteiger charge is -2.07. The van der Waals surface area contributed by atoms with Crippen molar-refractivity contribution in [1.82, 2.24) is 0 Å². The molecule has 7 nitrogen and oxygen atoms in total. The molecule has 0 atom stereocenters. The number of ether oxygens (including phenoxy) is 2. The van der Waals surface area contributed by atoms with Crippen LogP contribution in [0.25, 0.3) is 0 Å². The fourth-order valence-electron chi connectivity index (χ4n) is 2.23. The molecule has 25 heavy (non-hydrogen) atoms. The van der Waals surface area contributed by atoms with Crippen molar-refractivity contribution in [2.24, 2.45) is 5.92 Å². The van der Waals surface area contributed by atoms with Crippen LogP contribution >= 0.6 is 0 Å². The van der Waals surface area contributed by atoms with Crippen LogP contribution in [0.3, 0.4) is 0 Å². The highest BCUT2D eigenvalue weighted by atomic mass is 16.5. The third kappa shape index (κ3) is 4.06. The van der Waals surface area contributed by atoms with Gasteiger partial charge in [0.2, 0.25) is 11.7 Å². The maximum absolute atomic E-state index is 12.1. The second-order valence-corrected chi connectivity index (χ2v) is 5.68. The zero-order chi connectivity index (χ0) is 17.8. The van der Waals surface area contributed by atoms with E-state index in [-0.39, 0.29) is 24.2 Å². The van der Waals surface area contributed by atoms with E-state index < -0.39 is 11.9 Å². The van der Waals surface area contributed by atoms with Gasteiger partial charge < -0.3 is 19.2 Å². The molecule has 0 bridgehead atoms. The molecule has 1 aromatic carbocycles. The summed E-state index contributed by atoms with van der Waals surface area (Å²) in [7, 11) is 1.24. The second kappa shape index (κ2) is 7.21. The van der Waals surface area contributed by atoms with Crippen molar-refractivity contribution in [3.8, 4) is 0 Å². The summed E-state index contributed by atoms with van der Waals surface area (Å²) in [5.41, 5.74) is 1.40. The third-order valence-electron chi connectivity index (χ3n) is 3.81. The number of rotatable bonds is 6. The predicted octanol–water partition coefficient (Wildman–Crippen LogP) is 2.77. The van der Waals surface area contributed by atoms with Crippen LogP contribution in [0.5, 0.6) is 0 Å².